The number of amides is 1. The van der Waals surface area contributed by atoms with Crippen molar-refractivity contribution in [2.45, 2.75) is 42.1 Å². The van der Waals surface area contributed by atoms with Gasteiger partial charge in [0.15, 0.2) is 20.8 Å². The van der Waals surface area contributed by atoms with Crippen molar-refractivity contribution in [3.8, 4) is 5.75 Å². The van der Waals surface area contributed by atoms with E-state index < -0.39 is 32.6 Å². The summed E-state index contributed by atoms with van der Waals surface area (Å²) in [6.45, 7) is 3.73. The Balaban J connectivity index is 1.89. The first-order valence-corrected chi connectivity index (χ1v) is 10.1. The van der Waals surface area contributed by atoms with Gasteiger partial charge in [-0.05, 0) is 37.6 Å². The summed E-state index contributed by atoms with van der Waals surface area (Å²) in [6.07, 6.45) is 0.446. The molecule has 1 saturated heterocycles. The highest BCUT2D eigenvalue weighted by Gasteiger charge is 2.56. The highest BCUT2D eigenvalue weighted by molar-refractivity contribution is 7.92. The molecule has 1 amide bonds. The third-order valence-electron chi connectivity index (χ3n) is 5.58. The molecule has 0 saturated carbocycles. The number of nitrogens with zero attached hydrogens (tertiary/aromatic N) is 1. The highest BCUT2D eigenvalue weighted by atomic mass is 32.2. The van der Waals surface area contributed by atoms with Gasteiger partial charge in [0.2, 0.25) is 5.91 Å². The molecule has 0 radical (unpaired) electrons. The van der Waals surface area contributed by atoms with Crippen LogP contribution in [0.5, 0.6) is 5.75 Å². The summed E-state index contributed by atoms with van der Waals surface area (Å²) in [4.78, 5) is 14.7. The van der Waals surface area contributed by atoms with Gasteiger partial charge in [0.05, 0.1) is 4.90 Å². The normalized spacial score (nSPS) is 27.7. The topological polar surface area (TPSA) is 63.7 Å². The van der Waals surface area contributed by atoms with Crippen molar-refractivity contribution >= 4 is 15.7 Å². The number of carbonyl (C=O) groups excluding carboxylic acids is 1. The van der Waals surface area contributed by atoms with Crippen LogP contribution in [0.2, 0.25) is 0 Å². The Labute approximate surface area is 153 Å². The van der Waals surface area contributed by atoms with Crippen LogP contribution < -0.4 is 4.74 Å². The first-order chi connectivity index (χ1) is 12.2. The van der Waals surface area contributed by atoms with Crippen LogP contribution in [0.3, 0.4) is 0 Å². The van der Waals surface area contributed by atoms with E-state index in [0.717, 1.165) is 11.1 Å². The van der Waals surface area contributed by atoms with Crippen molar-refractivity contribution < 1.29 is 17.9 Å². The predicted octanol–water partition coefficient (Wildman–Crippen LogP) is 2.89. The zero-order valence-corrected chi connectivity index (χ0v) is 15.8. The zero-order valence-electron chi connectivity index (χ0n) is 15.0. The van der Waals surface area contributed by atoms with E-state index in [0.29, 0.717) is 12.2 Å². The van der Waals surface area contributed by atoms with Gasteiger partial charge in [-0.25, -0.2) is 8.42 Å². The van der Waals surface area contributed by atoms with Crippen molar-refractivity contribution in [1.29, 1.82) is 0 Å². The van der Waals surface area contributed by atoms with E-state index in [1.807, 2.05) is 38.1 Å². The Morgan fingerprint density at radius 3 is 2.46 bits per heavy atom. The molecular weight excluding hydrogens is 350 g/mol. The van der Waals surface area contributed by atoms with Gasteiger partial charge in [0, 0.05) is 19.4 Å². The molecule has 2 aromatic carbocycles. The fourth-order valence-corrected chi connectivity index (χ4v) is 5.88. The summed E-state index contributed by atoms with van der Waals surface area (Å²) < 4.78 is 32.8. The molecule has 0 spiro atoms. The Hall–Kier alpha value is -2.34. The predicted molar refractivity (Wildman–Crippen MR) is 97.8 cm³/mol. The molecule has 2 aliphatic rings. The molecule has 26 heavy (non-hydrogen) atoms. The Morgan fingerprint density at radius 2 is 1.77 bits per heavy atom. The lowest BCUT2D eigenvalue weighted by molar-refractivity contribution is -0.159. The number of aryl methyl sites for hydroxylation is 1. The van der Waals surface area contributed by atoms with Gasteiger partial charge in [0.25, 0.3) is 0 Å². The molecule has 3 atom stereocenters. The summed E-state index contributed by atoms with van der Waals surface area (Å²) >= 11 is 0. The second-order valence-corrected chi connectivity index (χ2v) is 9.37. The second-order valence-electron chi connectivity index (χ2n) is 7.30. The van der Waals surface area contributed by atoms with Crippen molar-refractivity contribution in [1.82, 2.24) is 4.90 Å². The minimum absolute atomic E-state index is 0.183. The zero-order chi connectivity index (χ0) is 18.7. The number of likely N-dealkylation sites (tertiary alicyclic amines) is 1. The summed E-state index contributed by atoms with van der Waals surface area (Å²) in [7, 11) is -2.21. The van der Waals surface area contributed by atoms with E-state index >= 15 is 0 Å². The lowest BCUT2D eigenvalue weighted by Gasteiger charge is -2.51. The Bertz CT molecular complexity index is 983. The van der Waals surface area contributed by atoms with Gasteiger partial charge < -0.3 is 9.64 Å². The first-order valence-electron chi connectivity index (χ1n) is 8.60. The summed E-state index contributed by atoms with van der Waals surface area (Å²) in [5.74, 6) is -0.200. The van der Waals surface area contributed by atoms with Gasteiger partial charge >= 0.3 is 0 Å². The average Bonchev–Trinajstić information content (AvgIpc) is 2.60. The third kappa shape index (κ3) is 2.35. The molecule has 5 nitrogen and oxygen atoms in total. The van der Waals surface area contributed by atoms with Crippen LogP contribution in [-0.4, -0.2) is 37.2 Å². The summed E-state index contributed by atoms with van der Waals surface area (Å²) in [6, 6.07) is 14.1. The number of hydrogen-bond donors (Lipinski definition) is 0. The molecule has 1 fully saturated rings. The molecule has 0 unspecified atom stereocenters. The molecule has 0 aromatic heterocycles. The quantitative estimate of drug-likeness (QED) is 0.814. The first kappa shape index (κ1) is 17.1. The molecule has 2 heterocycles. The van der Waals surface area contributed by atoms with Gasteiger partial charge in [0.1, 0.15) is 5.75 Å². The molecule has 136 valence electrons. The number of rotatable bonds is 2. The number of benzene rings is 2. The van der Waals surface area contributed by atoms with Gasteiger partial charge in [-0.2, -0.15) is 0 Å². The number of para-hydroxylation sites is 1. The SMILES string of the molecule is Cc1ccc(S(=O)(=O)[C@@H]2C(=O)N(C)[C@]3(C)C[C@H]2c2ccccc2O3)cc1. The molecule has 4 rings (SSSR count). The van der Waals surface area contributed by atoms with Crippen LogP contribution in [0.1, 0.15) is 30.4 Å². The van der Waals surface area contributed by atoms with E-state index in [2.05, 4.69) is 0 Å². The monoisotopic (exact) mass is 371 g/mol. The van der Waals surface area contributed by atoms with Crippen LogP contribution >= 0.6 is 0 Å². The van der Waals surface area contributed by atoms with E-state index in [1.54, 1.807) is 31.3 Å². The average molecular weight is 371 g/mol. The van der Waals surface area contributed by atoms with Crippen LogP contribution in [0.4, 0.5) is 0 Å². The van der Waals surface area contributed by atoms with Crippen LogP contribution in [0.25, 0.3) is 0 Å². The Kier molecular flexibility index (Phi) is 3.67. The number of ether oxygens (including phenoxy) is 1. The van der Waals surface area contributed by atoms with Crippen molar-refractivity contribution in [2.75, 3.05) is 7.05 Å². The number of sulfone groups is 1. The van der Waals surface area contributed by atoms with E-state index in [4.69, 9.17) is 4.74 Å². The largest absolute Gasteiger partial charge is 0.468 e. The van der Waals surface area contributed by atoms with Gasteiger partial charge in [-0.1, -0.05) is 35.9 Å². The number of carbonyl (C=O) groups is 1. The van der Waals surface area contributed by atoms with Crippen LogP contribution in [0, 0.1) is 6.92 Å². The van der Waals surface area contributed by atoms with Crippen molar-refractivity contribution in [3.05, 3.63) is 59.7 Å². The minimum Gasteiger partial charge on any atom is -0.468 e. The van der Waals surface area contributed by atoms with Gasteiger partial charge in [-0.3, -0.25) is 4.79 Å². The number of piperidine rings is 1. The second kappa shape index (κ2) is 5.58. The number of hydrogen-bond acceptors (Lipinski definition) is 4. The molecule has 6 heteroatoms. The van der Waals surface area contributed by atoms with E-state index in [9.17, 15) is 13.2 Å². The fourth-order valence-electron chi connectivity index (χ4n) is 3.97. The van der Waals surface area contributed by atoms with Crippen LogP contribution in [0.15, 0.2) is 53.4 Å². The third-order valence-corrected chi connectivity index (χ3v) is 7.71. The lowest BCUT2D eigenvalue weighted by atomic mass is 9.80. The van der Waals surface area contributed by atoms with Crippen molar-refractivity contribution in [2.24, 2.45) is 0 Å². The molecule has 0 aliphatic carbocycles. The molecule has 2 aromatic rings. The minimum atomic E-state index is -3.83. The molecule has 0 N–H and O–H groups in total. The van der Waals surface area contributed by atoms with E-state index in [-0.39, 0.29) is 4.90 Å². The highest BCUT2D eigenvalue weighted by Crippen LogP contribution is 2.49. The van der Waals surface area contributed by atoms with Crippen LogP contribution in [-0.2, 0) is 14.6 Å². The molecule has 2 bridgehead atoms. The summed E-state index contributed by atoms with van der Waals surface area (Å²) in [5, 5.41) is -1.15. The standard InChI is InChI=1S/C20H21NO4S/c1-13-8-10-14(11-9-13)26(23,24)18-16-12-20(2,21(3)19(18)22)25-17-7-5-4-6-15(16)17/h4-11,16,18H,12H2,1-3H3/t16-,18-,20-/m0/s1. The maximum atomic E-state index is 13.4. The number of fused-ring (bicyclic) bond motifs is 4. The maximum Gasteiger partial charge on any atom is 0.244 e. The molecule has 2 aliphatic heterocycles. The smallest absolute Gasteiger partial charge is 0.244 e. The summed E-state index contributed by atoms with van der Waals surface area (Å²) in [5.41, 5.74) is 0.919. The van der Waals surface area contributed by atoms with Gasteiger partial charge in [-0.15, -0.1) is 0 Å². The fraction of sp³-hybridized carbons (Fsp3) is 0.350. The van der Waals surface area contributed by atoms with E-state index in [1.165, 1.54) is 4.90 Å². The lowest BCUT2D eigenvalue weighted by Crippen LogP contribution is -2.64. The van der Waals surface area contributed by atoms with Crippen molar-refractivity contribution in [3.63, 3.8) is 0 Å². The molecular formula is C20H21NO4S. The Morgan fingerprint density at radius 1 is 1.12 bits per heavy atom. The maximum absolute atomic E-state index is 13.4.